The van der Waals surface area contributed by atoms with Crippen LogP contribution in [0.15, 0.2) is 97.2 Å². The van der Waals surface area contributed by atoms with Gasteiger partial charge in [-0.2, -0.15) is 0 Å². The van der Waals surface area contributed by atoms with Crippen molar-refractivity contribution in [3.05, 3.63) is 97.2 Å². The van der Waals surface area contributed by atoms with Crippen LogP contribution < -0.4 is 0 Å². The second kappa shape index (κ2) is 63.9. The topological polar surface area (TPSA) is 78.9 Å². The lowest BCUT2D eigenvalue weighted by atomic mass is 10.0. The minimum Gasteiger partial charge on any atom is -0.462 e. The highest BCUT2D eigenvalue weighted by Gasteiger charge is 2.19. The van der Waals surface area contributed by atoms with Gasteiger partial charge in [0.15, 0.2) is 6.10 Å². The number of carbonyl (C=O) groups excluding carboxylic acids is 3. The Labute approximate surface area is 470 Å². The van der Waals surface area contributed by atoms with E-state index < -0.39 is 6.10 Å². The average molecular weight is 1060 g/mol. The molecule has 0 radical (unpaired) electrons. The Morgan fingerprint density at radius 1 is 0.276 bits per heavy atom. The van der Waals surface area contributed by atoms with Crippen molar-refractivity contribution in [3.63, 3.8) is 0 Å². The van der Waals surface area contributed by atoms with E-state index in [1.54, 1.807) is 0 Å². The van der Waals surface area contributed by atoms with E-state index in [0.29, 0.717) is 19.3 Å². The molecule has 0 N–H and O–H groups in total. The highest BCUT2D eigenvalue weighted by Crippen LogP contribution is 2.16. The molecule has 0 aromatic rings. The van der Waals surface area contributed by atoms with Crippen LogP contribution >= 0.6 is 0 Å². The molecule has 0 aliphatic heterocycles. The minimum atomic E-state index is -0.812. The van der Waals surface area contributed by atoms with E-state index in [1.165, 1.54) is 167 Å². The molecule has 76 heavy (non-hydrogen) atoms. The third-order valence-corrected chi connectivity index (χ3v) is 13.8. The SMILES string of the molecule is CC/C=C\C/C=C\C/C=C\C/C=C\C/C=C\CCCC(=O)OC(COC(=O)CCCCCCC/C=C\CCCCCCC)COC(=O)CCCCCCCCCCCCCCCCC/C=C\C/C=C\CCCCCCC. The van der Waals surface area contributed by atoms with Crippen molar-refractivity contribution < 1.29 is 28.6 Å². The fourth-order valence-electron chi connectivity index (χ4n) is 8.98. The largest absolute Gasteiger partial charge is 0.462 e. The quantitative estimate of drug-likeness (QED) is 0.0261. The average Bonchev–Trinajstić information content (AvgIpc) is 3.42. The van der Waals surface area contributed by atoms with Crippen molar-refractivity contribution in [2.45, 2.75) is 316 Å². The maximum atomic E-state index is 12.9. The first-order chi connectivity index (χ1) is 37.5. The molecule has 0 saturated heterocycles. The molecule has 0 aliphatic rings. The third-order valence-electron chi connectivity index (χ3n) is 13.8. The second-order valence-electron chi connectivity index (χ2n) is 21.3. The van der Waals surface area contributed by atoms with Crippen molar-refractivity contribution in [1.29, 1.82) is 0 Å². The summed E-state index contributed by atoms with van der Waals surface area (Å²) >= 11 is 0. The van der Waals surface area contributed by atoms with Gasteiger partial charge in [0.25, 0.3) is 0 Å². The molecular weight excluding hydrogens is 937 g/mol. The Balaban J connectivity index is 4.33. The maximum Gasteiger partial charge on any atom is 0.306 e. The molecule has 1 unspecified atom stereocenters. The van der Waals surface area contributed by atoms with E-state index in [0.717, 1.165) is 96.3 Å². The number of unbranched alkanes of at least 4 members (excludes halogenated alkanes) is 31. The normalized spacial score (nSPS) is 12.7. The summed E-state index contributed by atoms with van der Waals surface area (Å²) in [6.07, 6.45) is 85.7. The fraction of sp³-hybridized carbons (Fsp3) is 0.729. The number of ether oxygens (including phenoxy) is 3. The Bertz CT molecular complexity index is 1490. The van der Waals surface area contributed by atoms with Crippen LogP contribution in [0.2, 0.25) is 0 Å². The zero-order chi connectivity index (χ0) is 55.0. The van der Waals surface area contributed by atoms with Crippen LogP contribution in [0.1, 0.15) is 310 Å². The zero-order valence-electron chi connectivity index (χ0n) is 50.0. The Hall–Kier alpha value is -3.67. The van der Waals surface area contributed by atoms with E-state index in [1.807, 2.05) is 0 Å². The summed E-state index contributed by atoms with van der Waals surface area (Å²) < 4.78 is 16.9. The molecule has 0 aliphatic carbocycles. The van der Waals surface area contributed by atoms with Crippen LogP contribution in [-0.4, -0.2) is 37.2 Å². The standard InChI is InChI=1S/C70H120O6/c1-4-7-10-13-16-19-22-25-28-30-31-32-33-34-35-36-37-38-39-41-42-45-48-51-54-57-60-63-69(72)75-66-67(65-74-68(71)62-59-56-53-50-47-44-27-24-21-18-15-12-9-6-3)76-70(73)64-61-58-55-52-49-46-43-40-29-26-23-20-17-14-11-8-5-2/h8,11,17,20,22,24-27,29-31,43,46,52,55,67H,4-7,9-10,12-16,18-19,21,23,28,32-42,44-45,47-51,53-54,56-66H2,1-3H3/b11-8-,20-17-,25-22-,27-24-,29-26-,31-30-,46-43-,55-52-. The predicted molar refractivity (Wildman–Crippen MR) is 330 cm³/mol. The third kappa shape index (κ3) is 61.2. The minimum absolute atomic E-state index is 0.102. The first-order valence-electron chi connectivity index (χ1n) is 32.2. The van der Waals surface area contributed by atoms with Gasteiger partial charge in [-0.25, -0.2) is 0 Å². The Kier molecular flexibility index (Phi) is 60.8. The summed E-state index contributed by atoms with van der Waals surface area (Å²) in [4.78, 5) is 38.3. The van der Waals surface area contributed by atoms with Crippen LogP contribution in [0.3, 0.4) is 0 Å². The highest BCUT2D eigenvalue weighted by atomic mass is 16.6. The Morgan fingerprint density at radius 2 is 0.526 bits per heavy atom. The molecule has 0 saturated carbocycles. The van der Waals surface area contributed by atoms with E-state index in [4.69, 9.17) is 14.2 Å². The highest BCUT2D eigenvalue weighted by molar-refractivity contribution is 5.71. The lowest BCUT2D eigenvalue weighted by Gasteiger charge is -2.18. The van der Waals surface area contributed by atoms with E-state index >= 15 is 0 Å². The fourth-order valence-corrected chi connectivity index (χ4v) is 8.98. The van der Waals surface area contributed by atoms with Crippen LogP contribution in [0.4, 0.5) is 0 Å². The summed E-state index contributed by atoms with van der Waals surface area (Å²) in [6, 6.07) is 0. The van der Waals surface area contributed by atoms with Gasteiger partial charge in [0.1, 0.15) is 13.2 Å². The number of hydrogen-bond acceptors (Lipinski definition) is 6. The number of carbonyl (C=O) groups is 3. The molecule has 0 bridgehead atoms. The molecule has 436 valence electrons. The summed E-state index contributed by atoms with van der Waals surface area (Å²) in [7, 11) is 0. The van der Waals surface area contributed by atoms with Gasteiger partial charge in [-0.3, -0.25) is 14.4 Å². The van der Waals surface area contributed by atoms with Crippen molar-refractivity contribution in [2.75, 3.05) is 13.2 Å². The van der Waals surface area contributed by atoms with Crippen LogP contribution in [0, 0.1) is 0 Å². The van der Waals surface area contributed by atoms with Crippen LogP contribution in [0.25, 0.3) is 0 Å². The molecule has 0 aromatic carbocycles. The number of allylic oxidation sites excluding steroid dienone is 16. The number of esters is 3. The number of rotatable bonds is 58. The monoisotopic (exact) mass is 1060 g/mol. The van der Waals surface area contributed by atoms with Gasteiger partial charge in [0, 0.05) is 19.3 Å². The van der Waals surface area contributed by atoms with Crippen LogP contribution in [-0.2, 0) is 28.6 Å². The predicted octanol–water partition coefficient (Wildman–Crippen LogP) is 22.0. The first-order valence-corrected chi connectivity index (χ1v) is 32.2. The Morgan fingerprint density at radius 3 is 0.855 bits per heavy atom. The van der Waals surface area contributed by atoms with Gasteiger partial charge in [-0.15, -0.1) is 0 Å². The van der Waals surface area contributed by atoms with E-state index in [-0.39, 0.29) is 37.5 Å². The van der Waals surface area contributed by atoms with E-state index in [2.05, 4.69) is 118 Å². The molecule has 0 aromatic heterocycles. The van der Waals surface area contributed by atoms with Gasteiger partial charge < -0.3 is 14.2 Å². The summed E-state index contributed by atoms with van der Waals surface area (Å²) in [5, 5.41) is 0. The van der Waals surface area contributed by atoms with Crippen molar-refractivity contribution >= 4 is 17.9 Å². The molecule has 0 rings (SSSR count). The van der Waals surface area contributed by atoms with Crippen LogP contribution in [0.5, 0.6) is 0 Å². The molecule has 0 spiro atoms. The van der Waals surface area contributed by atoms with Gasteiger partial charge >= 0.3 is 17.9 Å². The first kappa shape index (κ1) is 72.3. The summed E-state index contributed by atoms with van der Waals surface area (Å²) in [5.74, 6) is -0.961. The van der Waals surface area contributed by atoms with E-state index in [9.17, 15) is 14.4 Å². The van der Waals surface area contributed by atoms with Crippen molar-refractivity contribution in [1.82, 2.24) is 0 Å². The summed E-state index contributed by atoms with van der Waals surface area (Å²) in [6.45, 7) is 6.48. The molecular formula is C70H120O6. The van der Waals surface area contributed by atoms with Crippen molar-refractivity contribution in [3.8, 4) is 0 Å². The zero-order valence-corrected chi connectivity index (χ0v) is 50.0. The maximum absolute atomic E-state index is 12.9. The molecule has 1 atom stereocenters. The van der Waals surface area contributed by atoms with Gasteiger partial charge in [-0.05, 0) is 116 Å². The molecule has 0 fully saturated rings. The molecule has 6 heteroatoms. The van der Waals surface area contributed by atoms with Gasteiger partial charge in [-0.1, -0.05) is 272 Å². The smallest absolute Gasteiger partial charge is 0.306 e. The molecule has 6 nitrogen and oxygen atoms in total. The van der Waals surface area contributed by atoms with Crippen molar-refractivity contribution in [2.24, 2.45) is 0 Å². The lowest BCUT2D eigenvalue weighted by molar-refractivity contribution is -0.167. The van der Waals surface area contributed by atoms with Gasteiger partial charge in [0.2, 0.25) is 0 Å². The summed E-state index contributed by atoms with van der Waals surface area (Å²) in [5.41, 5.74) is 0. The second-order valence-corrected chi connectivity index (χ2v) is 21.3. The molecule has 0 amide bonds. The molecule has 0 heterocycles. The lowest BCUT2D eigenvalue weighted by Crippen LogP contribution is -2.30. The number of hydrogen-bond donors (Lipinski definition) is 0. The van der Waals surface area contributed by atoms with Gasteiger partial charge in [0.05, 0.1) is 0 Å².